The number of hydrogen-bond donors (Lipinski definition) is 1. The molecule has 0 amide bonds. The maximum absolute atomic E-state index is 10.3. The summed E-state index contributed by atoms with van der Waals surface area (Å²) in [5, 5.41) is 8.50. The van der Waals surface area contributed by atoms with Crippen LogP contribution in [0.4, 0.5) is 0 Å². The third-order valence-corrected chi connectivity index (χ3v) is 3.84. The molecule has 142 valence electrons. The van der Waals surface area contributed by atoms with Gasteiger partial charge in [0.1, 0.15) is 0 Å². The van der Waals surface area contributed by atoms with Gasteiger partial charge in [-0.1, -0.05) is 90.0 Å². The summed E-state index contributed by atoms with van der Waals surface area (Å²) in [6.45, 7) is 6.60. The molecule has 0 aromatic heterocycles. The summed E-state index contributed by atoms with van der Waals surface area (Å²) in [6, 6.07) is 0. The molecule has 0 aliphatic rings. The van der Waals surface area contributed by atoms with Gasteiger partial charge in [-0.2, -0.15) is 0 Å². The molecule has 0 unspecified atom stereocenters. The van der Waals surface area contributed by atoms with Crippen LogP contribution in [0.25, 0.3) is 0 Å². The molecule has 0 atom stereocenters. The largest absolute Gasteiger partial charge is 0.481 e. The van der Waals surface area contributed by atoms with E-state index in [0.717, 1.165) is 25.7 Å². The predicted octanol–water partition coefficient (Wildman–Crippen LogP) is 7.69. The molecule has 0 heterocycles. The molecule has 0 bridgehead atoms. The third-order valence-electron chi connectivity index (χ3n) is 3.84. The number of allylic oxidation sites excluding steroid dienone is 4. The highest BCUT2D eigenvalue weighted by Crippen LogP contribution is 2.08. The van der Waals surface area contributed by atoms with E-state index in [2.05, 4.69) is 45.1 Å². The zero-order valence-electron chi connectivity index (χ0n) is 16.6. The van der Waals surface area contributed by atoms with Crippen molar-refractivity contribution in [2.24, 2.45) is 0 Å². The van der Waals surface area contributed by atoms with Crippen LogP contribution < -0.4 is 0 Å². The summed E-state index contributed by atoms with van der Waals surface area (Å²) >= 11 is 0. The SMILES string of the molecule is CCCC.CCCCC/C=C\C/C=C\CCCCCCCC(=O)O. The highest BCUT2D eigenvalue weighted by Gasteiger charge is 1.95. The fraction of sp³-hybridized carbons (Fsp3) is 0.773. The Morgan fingerprint density at radius 2 is 1.17 bits per heavy atom. The number of carboxylic acids is 1. The molecular formula is C22H42O2. The Kier molecular flexibility index (Phi) is 25.4. The first-order valence-electron chi connectivity index (χ1n) is 10.2. The van der Waals surface area contributed by atoms with Crippen LogP contribution in [0.3, 0.4) is 0 Å². The molecule has 24 heavy (non-hydrogen) atoms. The Labute approximate surface area is 151 Å². The van der Waals surface area contributed by atoms with Gasteiger partial charge in [-0.3, -0.25) is 4.79 Å². The summed E-state index contributed by atoms with van der Waals surface area (Å²) in [4.78, 5) is 10.3. The first kappa shape index (κ1) is 25.2. The van der Waals surface area contributed by atoms with E-state index in [1.807, 2.05) is 0 Å². The van der Waals surface area contributed by atoms with E-state index in [9.17, 15) is 4.79 Å². The fourth-order valence-corrected chi connectivity index (χ4v) is 2.09. The van der Waals surface area contributed by atoms with Gasteiger partial charge in [0.15, 0.2) is 0 Å². The van der Waals surface area contributed by atoms with E-state index in [1.165, 1.54) is 57.8 Å². The topological polar surface area (TPSA) is 37.3 Å². The maximum atomic E-state index is 10.3. The molecule has 1 N–H and O–H groups in total. The van der Waals surface area contributed by atoms with Crippen molar-refractivity contribution in [2.75, 3.05) is 0 Å². The van der Waals surface area contributed by atoms with Crippen molar-refractivity contribution in [2.45, 2.75) is 111 Å². The maximum Gasteiger partial charge on any atom is 0.303 e. The Bertz CT molecular complexity index is 290. The second-order valence-electron chi connectivity index (χ2n) is 6.37. The Balaban J connectivity index is 0. The lowest BCUT2D eigenvalue weighted by Gasteiger charge is -1.98. The summed E-state index contributed by atoms with van der Waals surface area (Å²) in [6.07, 6.45) is 24.9. The lowest BCUT2D eigenvalue weighted by molar-refractivity contribution is -0.137. The van der Waals surface area contributed by atoms with Crippen molar-refractivity contribution in [1.29, 1.82) is 0 Å². The molecule has 0 aliphatic carbocycles. The van der Waals surface area contributed by atoms with Crippen molar-refractivity contribution in [3.05, 3.63) is 24.3 Å². The minimum Gasteiger partial charge on any atom is -0.481 e. The number of rotatable bonds is 15. The summed E-state index contributed by atoms with van der Waals surface area (Å²) in [7, 11) is 0. The lowest BCUT2D eigenvalue weighted by atomic mass is 10.1. The molecule has 0 fully saturated rings. The lowest BCUT2D eigenvalue weighted by Crippen LogP contribution is -1.93. The van der Waals surface area contributed by atoms with Crippen LogP contribution >= 0.6 is 0 Å². The number of hydrogen-bond acceptors (Lipinski definition) is 1. The average Bonchev–Trinajstić information content (AvgIpc) is 2.58. The van der Waals surface area contributed by atoms with Crippen LogP contribution in [-0.4, -0.2) is 11.1 Å². The third kappa shape index (κ3) is 29.0. The van der Waals surface area contributed by atoms with Crippen molar-refractivity contribution in [1.82, 2.24) is 0 Å². The van der Waals surface area contributed by atoms with Gasteiger partial charge < -0.3 is 5.11 Å². The fourth-order valence-electron chi connectivity index (χ4n) is 2.09. The molecule has 0 aromatic carbocycles. The van der Waals surface area contributed by atoms with Gasteiger partial charge in [-0.15, -0.1) is 0 Å². The summed E-state index contributed by atoms with van der Waals surface area (Å²) < 4.78 is 0. The van der Waals surface area contributed by atoms with Crippen molar-refractivity contribution < 1.29 is 9.90 Å². The van der Waals surface area contributed by atoms with Crippen molar-refractivity contribution >= 4 is 5.97 Å². The van der Waals surface area contributed by atoms with Gasteiger partial charge in [-0.05, 0) is 38.5 Å². The molecule has 0 radical (unpaired) electrons. The van der Waals surface area contributed by atoms with Gasteiger partial charge >= 0.3 is 5.97 Å². The van der Waals surface area contributed by atoms with Gasteiger partial charge in [0.25, 0.3) is 0 Å². The number of aliphatic carboxylic acids is 1. The second kappa shape index (κ2) is 24.2. The molecule has 0 saturated carbocycles. The zero-order valence-corrected chi connectivity index (χ0v) is 16.6. The molecular weight excluding hydrogens is 296 g/mol. The Morgan fingerprint density at radius 1 is 0.667 bits per heavy atom. The first-order chi connectivity index (χ1) is 11.7. The van der Waals surface area contributed by atoms with E-state index >= 15 is 0 Å². The molecule has 0 aromatic rings. The van der Waals surface area contributed by atoms with Crippen molar-refractivity contribution in [3.8, 4) is 0 Å². The minimum absolute atomic E-state index is 0.324. The first-order valence-corrected chi connectivity index (χ1v) is 10.2. The molecule has 0 saturated heterocycles. The van der Waals surface area contributed by atoms with Crippen LogP contribution in [0, 0.1) is 0 Å². The number of carboxylic acid groups (broad SMARTS) is 1. The van der Waals surface area contributed by atoms with Gasteiger partial charge in [0, 0.05) is 6.42 Å². The Hall–Kier alpha value is -1.05. The molecule has 2 heteroatoms. The van der Waals surface area contributed by atoms with E-state index in [0.29, 0.717) is 6.42 Å². The Morgan fingerprint density at radius 3 is 1.67 bits per heavy atom. The standard InChI is InChI=1S/C18H32O2.C4H10/c1-2-3-4-5-6-7-8-9-10-11-12-13-14-15-16-17-18(19)20;1-3-4-2/h6-7,9-10H,2-5,8,11-17H2,1H3,(H,19,20);3-4H2,1-2H3/b7-6-,10-9-;. The average molecular weight is 339 g/mol. The zero-order chi connectivity index (χ0) is 18.3. The number of unbranched alkanes of at least 4 members (excludes halogenated alkanes) is 9. The van der Waals surface area contributed by atoms with E-state index in [4.69, 9.17) is 5.11 Å². The summed E-state index contributed by atoms with van der Waals surface area (Å²) in [5.74, 6) is -0.671. The number of carbonyl (C=O) groups is 1. The second-order valence-corrected chi connectivity index (χ2v) is 6.37. The predicted molar refractivity (Wildman–Crippen MR) is 108 cm³/mol. The molecule has 0 aliphatic heterocycles. The van der Waals surface area contributed by atoms with Crippen molar-refractivity contribution in [3.63, 3.8) is 0 Å². The quantitative estimate of drug-likeness (QED) is 0.245. The van der Waals surface area contributed by atoms with Gasteiger partial charge in [-0.25, -0.2) is 0 Å². The van der Waals surface area contributed by atoms with Gasteiger partial charge in [0.05, 0.1) is 0 Å². The van der Waals surface area contributed by atoms with E-state index in [1.54, 1.807) is 0 Å². The van der Waals surface area contributed by atoms with Gasteiger partial charge in [0.2, 0.25) is 0 Å². The molecule has 0 spiro atoms. The molecule has 0 rings (SSSR count). The van der Waals surface area contributed by atoms with E-state index in [-0.39, 0.29) is 0 Å². The highest BCUT2D eigenvalue weighted by molar-refractivity contribution is 5.66. The monoisotopic (exact) mass is 338 g/mol. The van der Waals surface area contributed by atoms with Crippen LogP contribution in [0.15, 0.2) is 24.3 Å². The normalized spacial score (nSPS) is 11.0. The minimum atomic E-state index is -0.671. The smallest absolute Gasteiger partial charge is 0.303 e. The van der Waals surface area contributed by atoms with E-state index < -0.39 is 5.97 Å². The highest BCUT2D eigenvalue weighted by atomic mass is 16.4. The molecule has 2 nitrogen and oxygen atoms in total. The van der Waals surface area contributed by atoms with Crippen LogP contribution in [0.1, 0.15) is 111 Å². The van der Waals surface area contributed by atoms with Crippen LogP contribution in [-0.2, 0) is 4.79 Å². The summed E-state index contributed by atoms with van der Waals surface area (Å²) in [5.41, 5.74) is 0. The van der Waals surface area contributed by atoms with Crippen LogP contribution in [0.2, 0.25) is 0 Å². The van der Waals surface area contributed by atoms with Crippen LogP contribution in [0.5, 0.6) is 0 Å².